The number of carbonyl (C=O) groups excluding carboxylic acids is 1. The van der Waals surface area contributed by atoms with Gasteiger partial charge in [-0.15, -0.1) is 0 Å². The summed E-state index contributed by atoms with van der Waals surface area (Å²) in [7, 11) is 0. The van der Waals surface area contributed by atoms with E-state index in [1.807, 2.05) is 42.5 Å². The first-order valence-corrected chi connectivity index (χ1v) is 11.8. The van der Waals surface area contributed by atoms with Gasteiger partial charge in [-0.25, -0.2) is 0 Å². The molecule has 0 saturated carbocycles. The Kier molecular flexibility index (Phi) is 8.53. The van der Waals surface area contributed by atoms with Crippen LogP contribution >= 0.6 is 0 Å². The second-order valence-corrected chi connectivity index (χ2v) is 9.24. The van der Waals surface area contributed by atoms with E-state index in [0.717, 1.165) is 27.9 Å². The summed E-state index contributed by atoms with van der Waals surface area (Å²) in [6, 6.07) is 25.7. The van der Waals surface area contributed by atoms with Crippen molar-refractivity contribution in [2.75, 3.05) is 5.32 Å². The summed E-state index contributed by atoms with van der Waals surface area (Å²) in [6.07, 6.45) is 0.539. The van der Waals surface area contributed by atoms with Gasteiger partial charge in [-0.1, -0.05) is 112 Å². The molecule has 172 valence electrons. The lowest BCUT2D eigenvalue weighted by molar-refractivity contribution is -0.116. The number of rotatable bonds is 10. The number of anilines is 1. The fourth-order valence-corrected chi connectivity index (χ4v) is 4.37. The summed E-state index contributed by atoms with van der Waals surface area (Å²) in [5.41, 5.74) is 5.32. The van der Waals surface area contributed by atoms with Gasteiger partial charge in [0.05, 0.1) is 6.42 Å². The Morgan fingerprint density at radius 1 is 0.758 bits per heavy atom. The Morgan fingerprint density at radius 2 is 1.24 bits per heavy atom. The van der Waals surface area contributed by atoms with Gasteiger partial charge in [-0.05, 0) is 40.5 Å². The average molecular weight is 443 g/mol. The van der Waals surface area contributed by atoms with E-state index < -0.39 is 6.04 Å². The highest BCUT2D eigenvalue weighted by atomic mass is 16.3. The quantitative estimate of drug-likeness (QED) is 0.328. The van der Waals surface area contributed by atoms with E-state index in [2.05, 4.69) is 74.6 Å². The molecule has 0 spiro atoms. The van der Waals surface area contributed by atoms with E-state index in [1.54, 1.807) is 0 Å². The Balaban J connectivity index is 1.81. The van der Waals surface area contributed by atoms with E-state index in [4.69, 9.17) is 0 Å². The summed E-state index contributed by atoms with van der Waals surface area (Å²) >= 11 is 0. The lowest BCUT2D eigenvalue weighted by atomic mass is 9.85. The van der Waals surface area contributed by atoms with Crippen LogP contribution < -0.4 is 5.32 Å². The largest absolute Gasteiger partial charge is 0.325 e. The highest BCUT2D eigenvalue weighted by Crippen LogP contribution is 2.34. The molecule has 1 atom stereocenters. The Labute approximate surface area is 197 Å². The molecule has 0 heterocycles. The van der Waals surface area contributed by atoms with E-state index in [0.29, 0.717) is 6.42 Å². The summed E-state index contributed by atoms with van der Waals surface area (Å²) in [5.74, 6) is 0.380. The van der Waals surface area contributed by atoms with Crippen molar-refractivity contribution < 1.29 is 4.79 Å². The van der Waals surface area contributed by atoms with Gasteiger partial charge in [0.15, 0.2) is 0 Å². The van der Waals surface area contributed by atoms with Gasteiger partial charge in [0.1, 0.15) is 6.04 Å². The number of nitrogens with one attached hydrogen (secondary N) is 1. The van der Waals surface area contributed by atoms with Crippen molar-refractivity contribution in [2.24, 2.45) is 5.18 Å². The normalized spacial score (nSPS) is 12.2. The molecule has 33 heavy (non-hydrogen) atoms. The predicted molar refractivity (Wildman–Crippen MR) is 137 cm³/mol. The maximum atomic E-state index is 13.1. The molecule has 0 aliphatic carbocycles. The van der Waals surface area contributed by atoms with Gasteiger partial charge in [0.25, 0.3) is 0 Å². The van der Waals surface area contributed by atoms with E-state index in [-0.39, 0.29) is 30.1 Å². The molecule has 0 aliphatic heterocycles. The molecule has 0 aromatic heterocycles. The number of nitroso groups, excluding NO2 is 1. The summed E-state index contributed by atoms with van der Waals surface area (Å²) in [4.78, 5) is 24.9. The van der Waals surface area contributed by atoms with Crippen molar-refractivity contribution >= 4 is 11.6 Å². The minimum atomic E-state index is -0.621. The van der Waals surface area contributed by atoms with Crippen LogP contribution in [-0.2, 0) is 4.79 Å². The van der Waals surface area contributed by atoms with Crippen LogP contribution in [0.3, 0.4) is 0 Å². The fraction of sp³-hybridized carbons (Fsp3) is 0.345. The molecule has 4 nitrogen and oxygen atoms in total. The molecule has 3 rings (SSSR count). The van der Waals surface area contributed by atoms with Crippen LogP contribution in [0, 0.1) is 4.91 Å². The number of nitrogens with zero attached hydrogens (tertiary/aromatic N) is 1. The molecular weight excluding hydrogens is 408 g/mol. The monoisotopic (exact) mass is 442 g/mol. The third kappa shape index (κ3) is 6.38. The van der Waals surface area contributed by atoms with Crippen LogP contribution in [0.1, 0.15) is 80.5 Å². The number of hydrogen-bond acceptors (Lipinski definition) is 3. The van der Waals surface area contributed by atoms with Gasteiger partial charge in [0, 0.05) is 11.6 Å². The number of carbonyl (C=O) groups is 1. The van der Waals surface area contributed by atoms with Gasteiger partial charge in [0.2, 0.25) is 5.91 Å². The van der Waals surface area contributed by atoms with Crippen LogP contribution in [0.2, 0.25) is 0 Å². The van der Waals surface area contributed by atoms with Gasteiger partial charge in [-0.3, -0.25) is 4.79 Å². The molecular formula is C29H34N2O2. The van der Waals surface area contributed by atoms with Crippen molar-refractivity contribution in [3.63, 3.8) is 0 Å². The van der Waals surface area contributed by atoms with E-state index in [1.165, 1.54) is 0 Å². The van der Waals surface area contributed by atoms with Crippen molar-refractivity contribution in [1.29, 1.82) is 0 Å². The fourth-order valence-electron chi connectivity index (χ4n) is 4.37. The van der Waals surface area contributed by atoms with Crippen LogP contribution in [0.25, 0.3) is 0 Å². The third-order valence-corrected chi connectivity index (χ3v) is 6.12. The zero-order valence-corrected chi connectivity index (χ0v) is 20.0. The maximum Gasteiger partial charge on any atom is 0.226 e. The highest BCUT2D eigenvalue weighted by molar-refractivity contribution is 5.93. The average Bonchev–Trinajstić information content (AvgIpc) is 2.82. The smallest absolute Gasteiger partial charge is 0.226 e. The molecule has 0 fully saturated rings. The Hall–Kier alpha value is -3.27. The first-order chi connectivity index (χ1) is 15.9. The molecule has 1 unspecified atom stereocenters. The maximum absolute atomic E-state index is 13.1. The molecule has 1 N–H and O–H groups in total. The van der Waals surface area contributed by atoms with Crippen LogP contribution in [0.5, 0.6) is 0 Å². The number of hydrogen-bond donors (Lipinski definition) is 1. The second-order valence-electron chi connectivity index (χ2n) is 9.24. The van der Waals surface area contributed by atoms with E-state index in [9.17, 15) is 9.70 Å². The molecule has 0 aliphatic rings. The highest BCUT2D eigenvalue weighted by Gasteiger charge is 2.24. The summed E-state index contributed by atoms with van der Waals surface area (Å²) in [5, 5.41) is 6.49. The number of benzene rings is 3. The SMILES string of the molecule is CC(C)c1cccc(C(C)C)c1NC(=O)CC(CC(c1ccccc1)c1ccccc1)N=O. The minimum absolute atomic E-state index is 0.00271. The van der Waals surface area contributed by atoms with Gasteiger partial charge < -0.3 is 5.32 Å². The standard InChI is InChI=1S/C29H34N2O2/c1-20(2)25-16-11-17-26(21(3)4)29(25)30-28(32)19-24(31-33)18-27(22-12-7-5-8-13-22)23-14-9-6-10-15-23/h5-17,20-21,24,27H,18-19H2,1-4H3,(H,30,32). The molecule has 4 heteroatoms. The molecule has 0 bridgehead atoms. The first-order valence-electron chi connectivity index (χ1n) is 11.8. The number of amides is 1. The molecule has 0 radical (unpaired) electrons. The molecule has 3 aromatic carbocycles. The topological polar surface area (TPSA) is 58.5 Å². The lowest BCUT2D eigenvalue weighted by Gasteiger charge is -2.22. The summed E-state index contributed by atoms with van der Waals surface area (Å²) < 4.78 is 0. The van der Waals surface area contributed by atoms with Crippen molar-refractivity contribution in [3.05, 3.63) is 106 Å². The Morgan fingerprint density at radius 3 is 1.67 bits per heavy atom. The van der Waals surface area contributed by atoms with Crippen LogP contribution in [-0.4, -0.2) is 11.9 Å². The minimum Gasteiger partial charge on any atom is -0.325 e. The molecule has 0 saturated heterocycles. The van der Waals surface area contributed by atoms with Crippen LogP contribution in [0.4, 0.5) is 5.69 Å². The second kappa shape index (κ2) is 11.6. The first kappa shape index (κ1) is 24.4. The zero-order chi connectivity index (χ0) is 23.8. The van der Waals surface area contributed by atoms with Crippen molar-refractivity contribution in [3.8, 4) is 0 Å². The van der Waals surface area contributed by atoms with Gasteiger partial charge in [-0.2, -0.15) is 4.91 Å². The van der Waals surface area contributed by atoms with Crippen molar-refractivity contribution in [2.45, 2.75) is 64.3 Å². The number of para-hydroxylation sites is 1. The van der Waals surface area contributed by atoms with Crippen molar-refractivity contribution in [1.82, 2.24) is 0 Å². The third-order valence-electron chi connectivity index (χ3n) is 6.12. The lowest BCUT2D eigenvalue weighted by Crippen LogP contribution is -2.22. The van der Waals surface area contributed by atoms with Crippen LogP contribution in [0.15, 0.2) is 84.0 Å². The van der Waals surface area contributed by atoms with E-state index >= 15 is 0 Å². The summed E-state index contributed by atoms with van der Waals surface area (Å²) in [6.45, 7) is 8.48. The Bertz CT molecular complexity index is 980. The molecule has 1 amide bonds. The predicted octanol–water partition coefficient (Wildman–Crippen LogP) is 7.62. The van der Waals surface area contributed by atoms with Gasteiger partial charge >= 0.3 is 0 Å². The zero-order valence-electron chi connectivity index (χ0n) is 20.0. The molecule has 3 aromatic rings.